The Morgan fingerprint density at radius 2 is 1.57 bits per heavy atom. The number of nitrogens with two attached hydrogens (primary N) is 1. The number of H-pyrrole nitrogens is 1. The number of carbonyl (C=O) groups excluding carboxylic acids is 3. The summed E-state index contributed by atoms with van der Waals surface area (Å²) in [6, 6.07) is 25.7. The third-order valence-corrected chi connectivity index (χ3v) is 7.68. The number of aromatic nitrogens is 3. The van der Waals surface area contributed by atoms with Crippen molar-refractivity contribution in [1.82, 2.24) is 25.6 Å². The molecule has 0 bridgehead atoms. The van der Waals surface area contributed by atoms with Crippen molar-refractivity contribution in [3.63, 3.8) is 0 Å². The van der Waals surface area contributed by atoms with Crippen molar-refractivity contribution in [3.8, 4) is 0 Å². The number of aliphatic hydroxyl groups is 1. The Balaban J connectivity index is 1.31. The molecule has 2 heterocycles. The summed E-state index contributed by atoms with van der Waals surface area (Å²) < 4.78 is 0. The van der Waals surface area contributed by atoms with E-state index in [1.54, 1.807) is 18.2 Å². The molecule has 0 fully saturated rings. The van der Waals surface area contributed by atoms with Crippen LogP contribution in [0.2, 0.25) is 0 Å². The van der Waals surface area contributed by atoms with Gasteiger partial charge >= 0.3 is 0 Å². The minimum Gasteiger partial charge on any atom is -0.390 e. The van der Waals surface area contributed by atoms with Gasteiger partial charge in [0.05, 0.1) is 35.1 Å². The summed E-state index contributed by atoms with van der Waals surface area (Å²) in [6.45, 7) is 0. The summed E-state index contributed by atoms with van der Waals surface area (Å²) in [4.78, 5) is 50.5. The maximum absolute atomic E-state index is 13.5. The van der Waals surface area contributed by atoms with Crippen molar-refractivity contribution in [2.75, 3.05) is 5.75 Å². The summed E-state index contributed by atoms with van der Waals surface area (Å²) >= 11 is 1.33. The van der Waals surface area contributed by atoms with Gasteiger partial charge in [-0.3, -0.25) is 14.4 Å². The molecular formula is C31H30N6O4S. The first kappa shape index (κ1) is 28.8. The fraction of sp³-hybridized carbons (Fsp3) is 0.194. The van der Waals surface area contributed by atoms with Crippen LogP contribution < -0.4 is 16.4 Å². The topological polar surface area (TPSA) is 163 Å². The van der Waals surface area contributed by atoms with Gasteiger partial charge in [-0.25, -0.2) is 9.97 Å². The molecule has 42 heavy (non-hydrogen) atoms. The molecule has 3 amide bonds. The standard InChI is InChI=1S/C31H30N6O4S/c32-28(39)17-26(35-29(40)24-15-14-20-10-4-5-11-21(20)33-24)30(41)34-25(16-19-8-2-1-3-9-19)27(38)18-42-31-36-22-12-6-7-13-23(22)37-31/h1-15,25-27,38H,16-18H2,(H2,32,39)(H,34,41)(H,35,40)(H,36,37)/t25-,26-,27-/m0/s1. The molecule has 0 radical (unpaired) electrons. The zero-order valence-electron chi connectivity index (χ0n) is 22.6. The molecule has 0 aliphatic carbocycles. The molecule has 0 saturated heterocycles. The fourth-order valence-electron chi connectivity index (χ4n) is 4.55. The first-order valence-corrected chi connectivity index (χ1v) is 14.4. The maximum atomic E-state index is 13.5. The summed E-state index contributed by atoms with van der Waals surface area (Å²) in [7, 11) is 0. The summed E-state index contributed by atoms with van der Waals surface area (Å²) in [5, 5.41) is 18.2. The molecule has 0 saturated carbocycles. The van der Waals surface area contributed by atoms with Crippen LogP contribution in [0.15, 0.2) is 96.2 Å². The molecule has 2 aromatic heterocycles. The number of fused-ring (bicyclic) bond motifs is 2. The highest BCUT2D eigenvalue weighted by atomic mass is 32.2. The fourth-order valence-corrected chi connectivity index (χ4v) is 5.45. The number of thioether (sulfide) groups is 1. The number of aliphatic hydroxyl groups excluding tert-OH is 1. The van der Waals surface area contributed by atoms with Gasteiger partial charge in [0.25, 0.3) is 5.91 Å². The number of hydrogen-bond donors (Lipinski definition) is 5. The van der Waals surface area contributed by atoms with Gasteiger partial charge in [0.1, 0.15) is 11.7 Å². The van der Waals surface area contributed by atoms with Crippen LogP contribution in [0, 0.1) is 0 Å². The van der Waals surface area contributed by atoms with Crippen molar-refractivity contribution in [1.29, 1.82) is 0 Å². The number of carbonyl (C=O) groups is 3. The molecule has 11 heteroatoms. The zero-order valence-corrected chi connectivity index (χ0v) is 23.4. The second-order valence-electron chi connectivity index (χ2n) is 9.83. The van der Waals surface area contributed by atoms with E-state index in [0.29, 0.717) is 17.1 Å². The van der Waals surface area contributed by atoms with Gasteiger partial charge in [-0.15, -0.1) is 0 Å². The van der Waals surface area contributed by atoms with Gasteiger partial charge in [0, 0.05) is 11.1 Å². The summed E-state index contributed by atoms with van der Waals surface area (Å²) in [6.07, 6.45) is -1.09. The first-order chi connectivity index (χ1) is 20.4. The van der Waals surface area contributed by atoms with Crippen molar-refractivity contribution < 1.29 is 19.5 Å². The maximum Gasteiger partial charge on any atom is 0.270 e. The zero-order chi connectivity index (χ0) is 29.5. The molecule has 3 aromatic carbocycles. The van der Waals surface area contributed by atoms with Gasteiger partial charge in [-0.05, 0) is 36.2 Å². The molecule has 214 valence electrons. The number of primary amides is 1. The number of rotatable bonds is 12. The predicted octanol–water partition coefficient (Wildman–Crippen LogP) is 2.97. The van der Waals surface area contributed by atoms with Crippen LogP contribution in [0.3, 0.4) is 0 Å². The third kappa shape index (κ3) is 7.31. The first-order valence-electron chi connectivity index (χ1n) is 13.4. The highest BCUT2D eigenvalue weighted by molar-refractivity contribution is 7.99. The average Bonchev–Trinajstić information content (AvgIpc) is 3.42. The molecule has 0 aliphatic heterocycles. The lowest BCUT2D eigenvalue weighted by atomic mass is 10.0. The van der Waals surface area contributed by atoms with Gasteiger partial charge in [0.2, 0.25) is 11.8 Å². The van der Waals surface area contributed by atoms with Crippen molar-refractivity contribution >= 4 is 51.4 Å². The highest BCUT2D eigenvalue weighted by Gasteiger charge is 2.29. The Morgan fingerprint density at radius 1 is 0.857 bits per heavy atom. The Morgan fingerprint density at radius 3 is 2.33 bits per heavy atom. The molecule has 5 rings (SSSR count). The van der Waals surface area contributed by atoms with Crippen LogP contribution in [-0.2, 0) is 16.0 Å². The molecule has 3 atom stereocenters. The lowest BCUT2D eigenvalue weighted by Crippen LogP contribution is -2.54. The minimum atomic E-state index is -1.27. The van der Waals surface area contributed by atoms with Crippen molar-refractivity contribution in [3.05, 3.63) is 102 Å². The van der Waals surface area contributed by atoms with E-state index in [1.165, 1.54) is 11.8 Å². The normalized spacial score (nSPS) is 13.4. The number of imidazole rings is 1. The highest BCUT2D eigenvalue weighted by Crippen LogP contribution is 2.21. The van der Waals surface area contributed by atoms with E-state index in [9.17, 15) is 19.5 Å². The van der Waals surface area contributed by atoms with Gasteiger partial charge in [-0.1, -0.05) is 78.5 Å². The second-order valence-corrected chi connectivity index (χ2v) is 10.8. The monoisotopic (exact) mass is 582 g/mol. The number of pyridine rings is 1. The number of nitrogens with one attached hydrogen (secondary N) is 3. The Bertz CT molecular complexity index is 1680. The van der Waals surface area contributed by atoms with E-state index in [2.05, 4.69) is 25.6 Å². The van der Waals surface area contributed by atoms with E-state index in [1.807, 2.05) is 72.8 Å². The Hall–Kier alpha value is -4.74. The van der Waals surface area contributed by atoms with E-state index in [0.717, 1.165) is 22.0 Å². The summed E-state index contributed by atoms with van der Waals surface area (Å²) in [5.74, 6) is -1.80. The van der Waals surface area contributed by atoms with E-state index in [4.69, 9.17) is 5.73 Å². The molecule has 0 unspecified atom stereocenters. The van der Waals surface area contributed by atoms with Crippen molar-refractivity contribution in [2.45, 2.75) is 36.2 Å². The van der Waals surface area contributed by atoms with E-state index >= 15 is 0 Å². The van der Waals surface area contributed by atoms with Crippen LogP contribution in [0.5, 0.6) is 0 Å². The predicted molar refractivity (Wildman–Crippen MR) is 162 cm³/mol. The quantitative estimate of drug-likeness (QED) is 0.141. The largest absolute Gasteiger partial charge is 0.390 e. The average molecular weight is 583 g/mol. The number of nitrogens with zero attached hydrogens (tertiary/aromatic N) is 2. The lowest BCUT2D eigenvalue weighted by Gasteiger charge is -2.26. The smallest absolute Gasteiger partial charge is 0.270 e. The van der Waals surface area contributed by atoms with Gasteiger partial charge in [-0.2, -0.15) is 0 Å². The SMILES string of the molecule is NC(=O)C[C@H](NC(=O)c1ccc2ccccc2n1)C(=O)N[C@@H](Cc1ccccc1)[C@@H](O)CSc1nc2ccccc2[nH]1. The lowest BCUT2D eigenvalue weighted by molar-refractivity contribution is -0.128. The van der Waals surface area contributed by atoms with Crippen LogP contribution in [0.25, 0.3) is 21.9 Å². The van der Waals surface area contributed by atoms with Gasteiger partial charge in [0.15, 0.2) is 5.16 Å². The molecule has 0 spiro atoms. The van der Waals surface area contributed by atoms with Crippen LogP contribution >= 0.6 is 11.8 Å². The number of benzene rings is 3. The van der Waals surface area contributed by atoms with E-state index < -0.39 is 42.3 Å². The third-order valence-electron chi connectivity index (χ3n) is 6.71. The number of amides is 3. The number of para-hydroxylation sites is 3. The van der Waals surface area contributed by atoms with Crippen molar-refractivity contribution in [2.24, 2.45) is 5.73 Å². The second kappa shape index (κ2) is 13.3. The molecule has 10 nitrogen and oxygen atoms in total. The summed E-state index contributed by atoms with van der Waals surface area (Å²) in [5.41, 5.74) is 8.74. The van der Waals surface area contributed by atoms with Gasteiger partial charge < -0.3 is 26.5 Å². The van der Waals surface area contributed by atoms with Crippen LogP contribution in [0.4, 0.5) is 0 Å². The number of aromatic amines is 1. The molecular weight excluding hydrogens is 552 g/mol. The Labute approximate surface area is 246 Å². The number of hydrogen-bond acceptors (Lipinski definition) is 7. The van der Waals surface area contributed by atoms with Crippen LogP contribution in [0.1, 0.15) is 22.5 Å². The van der Waals surface area contributed by atoms with Crippen LogP contribution in [-0.4, -0.2) is 61.7 Å². The Kier molecular flexibility index (Phi) is 9.10. The minimum absolute atomic E-state index is 0.0964. The molecule has 6 N–H and O–H groups in total. The molecule has 5 aromatic rings. The van der Waals surface area contributed by atoms with E-state index in [-0.39, 0.29) is 11.4 Å². The molecule has 0 aliphatic rings.